The molecule has 2 saturated heterocycles. The van der Waals surface area contributed by atoms with Crippen LogP contribution in [-0.4, -0.2) is 54.5 Å². The molecule has 0 radical (unpaired) electrons. The normalized spacial score (nSPS) is 27.4. The zero-order valence-electron chi connectivity index (χ0n) is 15.8. The Morgan fingerprint density at radius 3 is 2.61 bits per heavy atom. The summed E-state index contributed by atoms with van der Waals surface area (Å²) in [5, 5.41) is 3.62. The van der Waals surface area contributed by atoms with Gasteiger partial charge in [0.2, 0.25) is 11.8 Å². The third kappa shape index (κ3) is 4.38. The van der Waals surface area contributed by atoms with E-state index in [2.05, 4.69) is 5.32 Å². The van der Waals surface area contributed by atoms with Gasteiger partial charge in [-0.25, -0.2) is 8.42 Å². The van der Waals surface area contributed by atoms with Crippen LogP contribution in [0.1, 0.15) is 38.5 Å². The van der Waals surface area contributed by atoms with E-state index in [0.29, 0.717) is 18.2 Å². The maximum atomic E-state index is 12.8. The number of anilines is 1. The lowest BCUT2D eigenvalue weighted by Crippen LogP contribution is -2.38. The molecule has 28 heavy (non-hydrogen) atoms. The van der Waals surface area contributed by atoms with Crippen molar-refractivity contribution in [3.63, 3.8) is 0 Å². The van der Waals surface area contributed by atoms with Crippen molar-refractivity contribution in [1.29, 1.82) is 0 Å². The van der Waals surface area contributed by atoms with E-state index in [1.165, 1.54) is 25.7 Å². The van der Waals surface area contributed by atoms with Crippen molar-refractivity contribution in [2.24, 2.45) is 5.92 Å². The second-order valence-corrected chi connectivity index (χ2v) is 11.6. The number of benzene rings is 1. The van der Waals surface area contributed by atoms with Gasteiger partial charge in [0, 0.05) is 29.2 Å². The number of sulfone groups is 1. The van der Waals surface area contributed by atoms with E-state index in [0.717, 1.165) is 10.6 Å². The van der Waals surface area contributed by atoms with Gasteiger partial charge in [0.1, 0.15) is 0 Å². The van der Waals surface area contributed by atoms with Gasteiger partial charge in [-0.3, -0.25) is 9.59 Å². The van der Waals surface area contributed by atoms with Crippen molar-refractivity contribution < 1.29 is 18.0 Å². The highest BCUT2D eigenvalue weighted by molar-refractivity contribution is 8.00. The number of amides is 2. The van der Waals surface area contributed by atoms with Crippen molar-refractivity contribution in [2.45, 2.75) is 54.7 Å². The Hall–Kier alpha value is -1.54. The Kier molecular flexibility index (Phi) is 5.69. The van der Waals surface area contributed by atoms with Gasteiger partial charge < -0.3 is 10.2 Å². The lowest BCUT2D eigenvalue weighted by atomic mass is 10.1. The Labute approximate surface area is 170 Å². The highest BCUT2D eigenvalue weighted by Crippen LogP contribution is 2.38. The fourth-order valence-electron chi connectivity index (χ4n) is 4.37. The first-order valence-electron chi connectivity index (χ1n) is 9.98. The van der Waals surface area contributed by atoms with Gasteiger partial charge in [0.15, 0.2) is 9.84 Å². The molecular weight excluding hydrogens is 396 g/mol. The number of para-hydroxylation sites is 1. The number of carbonyl (C=O) groups excluding carboxylic acids is 2. The summed E-state index contributed by atoms with van der Waals surface area (Å²) in [5.41, 5.74) is 0.804. The molecule has 0 aromatic heterocycles. The molecule has 2 heterocycles. The molecule has 3 aliphatic rings. The molecule has 1 aromatic rings. The number of rotatable bonds is 5. The van der Waals surface area contributed by atoms with Crippen LogP contribution in [0.4, 0.5) is 5.69 Å². The van der Waals surface area contributed by atoms with Crippen molar-refractivity contribution in [2.75, 3.05) is 23.4 Å². The van der Waals surface area contributed by atoms with E-state index >= 15 is 0 Å². The molecular formula is C20H26N2O4S2. The first-order valence-corrected chi connectivity index (χ1v) is 12.7. The number of thioether (sulfide) groups is 1. The van der Waals surface area contributed by atoms with Crippen LogP contribution < -0.4 is 5.32 Å². The van der Waals surface area contributed by atoms with Gasteiger partial charge in [-0.05, 0) is 31.4 Å². The molecule has 1 saturated carbocycles. The summed E-state index contributed by atoms with van der Waals surface area (Å²) in [4.78, 5) is 27.9. The van der Waals surface area contributed by atoms with E-state index in [-0.39, 0.29) is 35.8 Å². The van der Waals surface area contributed by atoms with Gasteiger partial charge >= 0.3 is 0 Å². The van der Waals surface area contributed by atoms with Crippen molar-refractivity contribution >= 4 is 39.1 Å². The molecule has 152 valence electrons. The van der Waals surface area contributed by atoms with Gasteiger partial charge in [0.25, 0.3) is 0 Å². The molecule has 6 nitrogen and oxygen atoms in total. The second kappa shape index (κ2) is 8.06. The van der Waals surface area contributed by atoms with Crippen LogP contribution in [0.15, 0.2) is 29.2 Å². The molecule has 1 aliphatic carbocycles. The van der Waals surface area contributed by atoms with Crippen LogP contribution >= 0.6 is 11.8 Å². The summed E-state index contributed by atoms with van der Waals surface area (Å²) < 4.78 is 23.4. The number of hydrogen-bond acceptors (Lipinski definition) is 5. The van der Waals surface area contributed by atoms with Crippen LogP contribution in [0.3, 0.4) is 0 Å². The lowest BCUT2D eigenvalue weighted by Gasteiger charge is -2.23. The van der Waals surface area contributed by atoms with Crippen LogP contribution in [-0.2, 0) is 19.4 Å². The second-order valence-electron chi connectivity index (χ2n) is 8.01. The van der Waals surface area contributed by atoms with Gasteiger partial charge in [-0.2, -0.15) is 0 Å². The number of nitrogens with zero attached hydrogens (tertiary/aromatic N) is 1. The van der Waals surface area contributed by atoms with Crippen molar-refractivity contribution in [1.82, 2.24) is 4.90 Å². The topological polar surface area (TPSA) is 83.6 Å². The Bertz CT molecular complexity index is 865. The average molecular weight is 423 g/mol. The minimum absolute atomic E-state index is 0.0218. The molecule has 2 atom stereocenters. The standard InChI is InChI=1S/C20H26N2O4S2/c23-19-11-14(12-22(19)15-9-10-28(25,26)13-15)20(24)21-17-7-3-4-8-18(17)27-16-5-1-2-6-16/h3-4,7-8,14-16H,1-2,5-6,9-13H2,(H,21,24)/t14-,15-/m1/s1. The highest BCUT2D eigenvalue weighted by atomic mass is 32.2. The Balaban J connectivity index is 1.40. The predicted octanol–water partition coefficient (Wildman–Crippen LogP) is 2.70. The average Bonchev–Trinajstić information content (AvgIpc) is 3.37. The van der Waals surface area contributed by atoms with E-state index in [1.54, 1.807) is 4.90 Å². The Morgan fingerprint density at radius 2 is 1.89 bits per heavy atom. The smallest absolute Gasteiger partial charge is 0.229 e. The highest BCUT2D eigenvalue weighted by Gasteiger charge is 2.42. The third-order valence-electron chi connectivity index (χ3n) is 5.92. The van der Waals surface area contributed by atoms with Gasteiger partial charge in [-0.1, -0.05) is 25.0 Å². The summed E-state index contributed by atoms with van der Waals surface area (Å²) in [6, 6.07) is 7.56. The zero-order valence-corrected chi connectivity index (χ0v) is 17.4. The summed E-state index contributed by atoms with van der Waals surface area (Å²) in [6.07, 6.45) is 5.59. The fraction of sp³-hybridized carbons (Fsp3) is 0.600. The monoisotopic (exact) mass is 422 g/mol. The molecule has 8 heteroatoms. The SMILES string of the molecule is O=C(Nc1ccccc1SC1CCCC1)[C@@H]1CC(=O)N([C@@H]2CCS(=O)(=O)C2)C1. The molecule has 1 aromatic carbocycles. The third-order valence-corrected chi connectivity index (χ3v) is 9.08. The molecule has 4 rings (SSSR count). The van der Waals surface area contributed by atoms with Gasteiger partial charge in [-0.15, -0.1) is 11.8 Å². The molecule has 0 bridgehead atoms. The van der Waals surface area contributed by atoms with E-state index in [1.807, 2.05) is 36.0 Å². The lowest BCUT2D eigenvalue weighted by molar-refractivity contribution is -0.129. The molecule has 2 amide bonds. The van der Waals surface area contributed by atoms with Crippen LogP contribution in [0.25, 0.3) is 0 Å². The minimum atomic E-state index is -3.06. The van der Waals surface area contributed by atoms with Crippen LogP contribution in [0.5, 0.6) is 0 Å². The summed E-state index contributed by atoms with van der Waals surface area (Å²) in [5.74, 6) is -0.551. The number of hydrogen-bond donors (Lipinski definition) is 1. The van der Waals surface area contributed by atoms with Crippen LogP contribution in [0, 0.1) is 5.92 Å². The number of carbonyl (C=O) groups is 2. The van der Waals surface area contributed by atoms with Crippen molar-refractivity contribution in [3.05, 3.63) is 24.3 Å². The predicted molar refractivity (Wildman–Crippen MR) is 110 cm³/mol. The maximum Gasteiger partial charge on any atom is 0.229 e. The van der Waals surface area contributed by atoms with Crippen molar-refractivity contribution in [3.8, 4) is 0 Å². The molecule has 0 unspecified atom stereocenters. The Morgan fingerprint density at radius 1 is 1.14 bits per heavy atom. The first kappa shape index (κ1) is 19.8. The molecule has 0 spiro atoms. The summed E-state index contributed by atoms with van der Waals surface area (Å²) in [7, 11) is -3.06. The van der Waals surface area contributed by atoms with Crippen LogP contribution in [0.2, 0.25) is 0 Å². The number of nitrogens with one attached hydrogen (secondary N) is 1. The summed E-state index contributed by atoms with van der Waals surface area (Å²) in [6.45, 7) is 0.308. The van der Waals surface area contributed by atoms with E-state index in [9.17, 15) is 18.0 Å². The molecule has 1 N–H and O–H groups in total. The summed E-state index contributed by atoms with van der Waals surface area (Å²) >= 11 is 1.82. The molecule has 3 fully saturated rings. The van der Waals surface area contributed by atoms with E-state index < -0.39 is 15.8 Å². The quantitative estimate of drug-likeness (QED) is 0.789. The zero-order chi connectivity index (χ0) is 19.7. The van der Waals surface area contributed by atoms with Gasteiger partial charge in [0.05, 0.1) is 23.1 Å². The first-order chi connectivity index (χ1) is 13.4. The fourth-order valence-corrected chi connectivity index (χ4v) is 7.44. The largest absolute Gasteiger partial charge is 0.338 e. The molecule has 2 aliphatic heterocycles. The van der Waals surface area contributed by atoms with E-state index in [4.69, 9.17) is 0 Å². The maximum absolute atomic E-state index is 12.8. The number of likely N-dealkylation sites (tertiary alicyclic amines) is 1. The minimum Gasteiger partial charge on any atom is -0.338 e.